The molecule has 1 amide bonds. The lowest BCUT2D eigenvalue weighted by atomic mass is 9.96. The summed E-state index contributed by atoms with van der Waals surface area (Å²) in [6, 6.07) is 19.8. The quantitative estimate of drug-likeness (QED) is 0.236. The van der Waals surface area contributed by atoms with E-state index in [0.29, 0.717) is 17.3 Å². The second-order valence-corrected chi connectivity index (χ2v) is 10.6. The first-order chi connectivity index (χ1) is 19.5. The van der Waals surface area contributed by atoms with Crippen LogP contribution in [0.25, 0.3) is 5.69 Å². The molecule has 0 radical (unpaired) electrons. The van der Waals surface area contributed by atoms with Gasteiger partial charge in [0.2, 0.25) is 5.91 Å². The highest BCUT2D eigenvalue weighted by molar-refractivity contribution is 7.80. The predicted octanol–water partition coefficient (Wildman–Crippen LogP) is 6.82. The van der Waals surface area contributed by atoms with Gasteiger partial charge in [0, 0.05) is 41.9 Å². The number of amides is 1. The Morgan fingerprint density at radius 1 is 1.02 bits per heavy atom. The van der Waals surface area contributed by atoms with Crippen molar-refractivity contribution in [1.82, 2.24) is 19.8 Å². The average Bonchev–Trinajstić information content (AvgIpc) is 3.43. The van der Waals surface area contributed by atoms with Crippen LogP contribution in [0.3, 0.4) is 0 Å². The number of nitrogens with zero attached hydrogens (tertiary/aromatic N) is 3. The van der Waals surface area contributed by atoms with Crippen LogP contribution in [0.4, 0.5) is 18.9 Å². The minimum absolute atomic E-state index is 0.147. The summed E-state index contributed by atoms with van der Waals surface area (Å²) in [6.07, 6.45) is -2.55. The van der Waals surface area contributed by atoms with Gasteiger partial charge in [0.25, 0.3) is 0 Å². The van der Waals surface area contributed by atoms with Crippen molar-refractivity contribution in [3.8, 4) is 5.69 Å². The Morgan fingerprint density at radius 2 is 1.78 bits per heavy atom. The zero-order valence-corrected chi connectivity index (χ0v) is 23.7. The van der Waals surface area contributed by atoms with Crippen LogP contribution in [0.5, 0.6) is 0 Å². The Kier molecular flexibility index (Phi) is 7.86. The fourth-order valence-corrected chi connectivity index (χ4v) is 5.70. The van der Waals surface area contributed by atoms with Crippen LogP contribution in [-0.4, -0.2) is 32.0 Å². The maximum Gasteiger partial charge on any atom is 0.416 e. The summed E-state index contributed by atoms with van der Waals surface area (Å²) in [5.74, 6) is -0.147. The average molecular weight is 578 g/mol. The van der Waals surface area contributed by atoms with Gasteiger partial charge in [-0.25, -0.2) is 0 Å². The van der Waals surface area contributed by atoms with Crippen LogP contribution in [-0.2, 0) is 11.0 Å². The molecule has 4 aromatic rings. The number of thiocarbonyl (C=S) groups is 1. The number of benzene rings is 2. The molecular weight excluding hydrogens is 547 g/mol. The molecule has 1 fully saturated rings. The molecule has 0 saturated carbocycles. The first-order valence-corrected chi connectivity index (χ1v) is 13.6. The van der Waals surface area contributed by atoms with E-state index in [-0.39, 0.29) is 24.4 Å². The molecule has 0 spiro atoms. The normalized spacial score (nSPS) is 17.0. The molecule has 0 unspecified atom stereocenters. The van der Waals surface area contributed by atoms with Crippen LogP contribution in [0.2, 0.25) is 0 Å². The Balaban J connectivity index is 1.48. The molecule has 1 saturated heterocycles. The smallest absolute Gasteiger partial charge is 0.352 e. The van der Waals surface area contributed by atoms with Crippen LogP contribution >= 0.6 is 12.2 Å². The standard InChI is InChI=1S/C31H30F3N5OS/c1-19-10-12-23(13-11-19)36-27(40)14-16-38-29(28(37-30(38)41)26-9-4-5-15-35-26)25-17-20(2)39(21(25)3)24-8-6-7-22(18-24)31(32,33)34/h4-13,15,17-18,28-29H,14,16H2,1-3H3,(H,36,40)(H,37,41)/t28-,29-/m1/s1. The molecule has 2 aromatic carbocycles. The number of alkyl halides is 3. The van der Waals surface area contributed by atoms with Crippen molar-refractivity contribution in [3.63, 3.8) is 0 Å². The number of aryl methyl sites for hydroxylation is 2. The topological polar surface area (TPSA) is 62.2 Å². The highest BCUT2D eigenvalue weighted by atomic mass is 32.1. The number of rotatable bonds is 7. The molecule has 3 heterocycles. The molecule has 0 bridgehead atoms. The number of aromatic nitrogens is 2. The van der Waals surface area contributed by atoms with Crippen molar-refractivity contribution in [2.45, 2.75) is 45.5 Å². The Hall–Kier alpha value is -4.18. The highest BCUT2D eigenvalue weighted by Crippen LogP contribution is 2.42. The van der Waals surface area contributed by atoms with E-state index in [1.807, 2.05) is 78.8 Å². The first-order valence-electron chi connectivity index (χ1n) is 13.2. The fraction of sp³-hybridized carbons (Fsp3) is 0.258. The van der Waals surface area contributed by atoms with Crippen molar-refractivity contribution in [2.24, 2.45) is 0 Å². The number of pyridine rings is 1. The van der Waals surface area contributed by atoms with Gasteiger partial charge < -0.3 is 20.1 Å². The summed E-state index contributed by atoms with van der Waals surface area (Å²) < 4.78 is 42.3. The lowest BCUT2D eigenvalue weighted by molar-refractivity contribution is -0.137. The summed E-state index contributed by atoms with van der Waals surface area (Å²) >= 11 is 5.75. The number of anilines is 1. The third-order valence-corrected chi connectivity index (χ3v) is 7.69. The summed E-state index contributed by atoms with van der Waals surface area (Å²) in [6.45, 7) is 6.08. The molecule has 6 nitrogen and oxygen atoms in total. The monoisotopic (exact) mass is 577 g/mol. The second kappa shape index (κ2) is 11.4. The van der Waals surface area contributed by atoms with Gasteiger partial charge in [-0.05, 0) is 87.1 Å². The van der Waals surface area contributed by atoms with Crippen LogP contribution in [0.1, 0.15) is 52.3 Å². The Labute approximate surface area is 242 Å². The van der Waals surface area contributed by atoms with Gasteiger partial charge in [-0.3, -0.25) is 9.78 Å². The van der Waals surface area contributed by atoms with Crippen LogP contribution in [0.15, 0.2) is 79.0 Å². The molecule has 41 heavy (non-hydrogen) atoms. The van der Waals surface area contributed by atoms with E-state index >= 15 is 0 Å². The molecule has 0 aliphatic carbocycles. The van der Waals surface area contributed by atoms with Gasteiger partial charge >= 0.3 is 6.18 Å². The molecule has 212 valence electrons. The summed E-state index contributed by atoms with van der Waals surface area (Å²) in [7, 11) is 0. The van der Waals surface area contributed by atoms with Crippen LogP contribution < -0.4 is 10.6 Å². The molecule has 2 atom stereocenters. The van der Waals surface area contributed by atoms with E-state index in [0.717, 1.165) is 46.0 Å². The maximum atomic E-state index is 13.5. The van der Waals surface area contributed by atoms with E-state index in [9.17, 15) is 18.0 Å². The number of carbonyl (C=O) groups is 1. The third kappa shape index (κ3) is 5.97. The van der Waals surface area contributed by atoms with Gasteiger partial charge in [-0.1, -0.05) is 29.8 Å². The molecular formula is C31H30F3N5OS. The van der Waals surface area contributed by atoms with E-state index in [2.05, 4.69) is 15.6 Å². The Morgan fingerprint density at radius 3 is 2.46 bits per heavy atom. The largest absolute Gasteiger partial charge is 0.416 e. The van der Waals surface area contributed by atoms with Crippen molar-refractivity contribution in [3.05, 3.63) is 113 Å². The molecule has 2 N–H and O–H groups in total. The predicted molar refractivity (Wildman–Crippen MR) is 157 cm³/mol. The van der Waals surface area contributed by atoms with Crippen molar-refractivity contribution in [1.29, 1.82) is 0 Å². The molecule has 1 aliphatic rings. The maximum absolute atomic E-state index is 13.5. The Bertz CT molecular complexity index is 1570. The minimum atomic E-state index is -4.45. The molecule has 5 rings (SSSR count). The van der Waals surface area contributed by atoms with Gasteiger partial charge in [0.15, 0.2) is 5.11 Å². The van der Waals surface area contributed by atoms with E-state index in [1.54, 1.807) is 12.3 Å². The number of halogens is 3. The molecule has 10 heteroatoms. The van der Waals surface area contributed by atoms with E-state index in [4.69, 9.17) is 12.2 Å². The molecule has 2 aromatic heterocycles. The fourth-order valence-electron chi connectivity index (χ4n) is 5.37. The van der Waals surface area contributed by atoms with Gasteiger partial charge in [0.1, 0.15) is 0 Å². The lowest BCUT2D eigenvalue weighted by Crippen LogP contribution is -2.32. The third-order valence-electron chi connectivity index (χ3n) is 7.33. The number of hydrogen-bond donors (Lipinski definition) is 2. The summed E-state index contributed by atoms with van der Waals surface area (Å²) in [4.78, 5) is 19.4. The summed E-state index contributed by atoms with van der Waals surface area (Å²) in [5.41, 5.74) is 4.77. The SMILES string of the molecule is Cc1ccc(NC(=O)CCN2C(=S)N[C@H](c3ccccn3)[C@H]2c2cc(C)n(-c3cccc(C(F)(F)F)c3)c2C)cc1. The lowest BCUT2D eigenvalue weighted by Gasteiger charge is -2.28. The zero-order chi connectivity index (χ0) is 29.3. The van der Waals surface area contributed by atoms with Gasteiger partial charge in [0.05, 0.1) is 23.3 Å². The van der Waals surface area contributed by atoms with Crippen LogP contribution in [0, 0.1) is 20.8 Å². The molecule has 1 aliphatic heterocycles. The second-order valence-electron chi connectivity index (χ2n) is 10.2. The minimum Gasteiger partial charge on any atom is -0.352 e. The summed E-state index contributed by atoms with van der Waals surface area (Å²) in [5, 5.41) is 6.79. The van der Waals surface area contributed by atoms with E-state index in [1.165, 1.54) is 6.07 Å². The van der Waals surface area contributed by atoms with Crippen molar-refractivity contribution in [2.75, 3.05) is 11.9 Å². The van der Waals surface area contributed by atoms with E-state index < -0.39 is 11.7 Å². The first kappa shape index (κ1) is 28.4. The highest BCUT2D eigenvalue weighted by Gasteiger charge is 2.41. The van der Waals surface area contributed by atoms with Crippen molar-refractivity contribution < 1.29 is 18.0 Å². The zero-order valence-electron chi connectivity index (χ0n) is 22.9. The van der Waals surface area contributed by atoms with Gasteiger partial charge in [-0.15, -0.1) is 0 Å². The number of carbonyl (C=O) groups excluding carboxylic acids is 1. The van der Waals surface area contributed by atoms with Gasteiger partial charge in [-0.2, -0.15) is 13.2 Å². The number of nitrogens with one attached hydrogen (secondary N) is 2. The van der Waals surface area contributed by atoms with Crippen molar-refractivity contribution >= 4 is 28.9 Å². The number of hydrogen-bond acceptors (Lipinski definition) is 3.